The number of hydrogen-bond donors (Lipinski definition) is 2. The van der Waals surface area contributed by atoms with Crippen molar-refractivity contribution in [2.45, 2.75) is 12.5 Å². The second-order valence-electron chi connectivity index (χ2n) is 3.06. The summed E-state index contributed by atoms with van der Waals surface area (Å²) in [7, 11) is 1.62. The Bertz CT molecular complexity index is 304. The fourth-order valence-corrected chi connectivity index (χ4v) is 1.78. The van der Waals surface area contributed by atoms with Crippen molar-refractivity contribution in [2.24, 2.45) is 5.73 Å². The number of aliphatic hydroxyl groups is 1. The van der Waals surface area contributed by atoms with Crippen molar-refractivity contribution in [1.29, 1.82) is 0 Å². The fourth-order valence-electron chi connectivity index (χ4n) is 1.19. The maximum Gasteiger partial charge on any atom is 0.133 e. The molecule has 0 spiro atoms. The molecule has 0 saturated heterocycles. The van der Waals surface area contributed by atoms with Crippen molar-refractivity contribution in [3.05, 3.63) is 28.2 Å². The molecule has 0 saturated carbocycles. The van der Waals surface area contributed by atoms with Crippen LogP contribution in [0.5, 0.6) is 5.75 Å². The summed E-state index contributed by atoms with van der Waals surface area (Å²) in [6.07, 6.45) is 0.0920. The molecule has 0 aliphatic rings. The lowest BCUT2D eigenvalue weighted by atomic mass is 10.1. The first kappa shape index (κ1) is 11.5. The van der Waals surface area contributed by atoms with E-state index in [0.29, 0.717) is 6.42 Å². The predicted molar refractivity (Wildman–Crippen MR) is 59.5 cm³/mol. The van der Waals surface area contributed by atoms with E-state index < -0.39 is 6.10 Å². The highest BCUT2D eigenvalue weighted by atomic mass is 79.9. The van der Waals surface area contributed by atoms with E-state index in [1.54, 1.807) is 7.11 Å². The third kappa shape index (κ3) is 2.97. The second-order valence-corrected chi connectivity index (χ2v) is 3.92. The van der Waals surface area contributed by atoms with Crippen LogP contribution < -0.4 is 10.5 Å². The number of aliphatic hydroxyl groups excluding tert-OH is 1. The largest absolute Gasteiger partial charge is 0.496 e. The highest BCUT2D eigenvalue weighted by Gasteiger charge is 2.05. The van der Waals surface area contributed by atoms with Crippen molar-refractivity contribution in [3.8, 4) is 5.75 Å². The smallest absolute Gasteiger partial charge is 0.133 e. The Morgan fingerprint density at radius 3 is 2.79 bits per heavy atom. The van der Waals surface area contributed by atoms with Gasteiger partial charge >= 0.3 is 0 Å². The summed E-state index contributed by atoms with van der Waals surface area (Å²) in [5, 5.41) is 9.36. The molecule has 0 aliphatic carbocycles. The molecule has 0 aromatic heterocycles. The van der Waals surface area contributed by atoms with E-state index in [-0.39, 0.29) is 6.54 Å². The van der Waals surface area contributed by atoms with E-state index in [1.165, 1.54) is 0 Å². The van der Waals surface area contributed by atoms with Crippen molar-refractivity contribution < 1.29 is 9.84 Å². The summed E-state index contributed by atoms with van der Waals surface area (Å²) in [6, 6.07) is 5.71. The van der Waals surface area contributed by atoms with Gasteiger partial charge in [0.05, 0.1) is 17.7 Å². The van der Waals surface area contributed by atoms with Gasteiger partial charge in [-0.15, -0.1) is 0 Å². The van der Waals surface area contributed by atoms with Crippen molar-refractivity contribution in [1.82, 2.24) is 0 Å². The number of rotatable bonds is 4. The Hall–Kier alpha value is -0.580. The minimum atomic E-state index is -0.477. The normalized spacial score (nSPS) is 12.6. The second kappa shape index (κ2) is 5.34. The first-order chi connectivity index (χ1) is 6.67. The zero-order valence-electron chi connectivity index (χ0n) is 8.03. The quantitative estimate of drug-likeness (QED) is 0.858. The molecule has 1 atom stereocenters. The molecule has 3 N–H and O–H groups in total. The zero-order chi connectivity index (χ0) is 10.6. The van der Waals surface area contributed by atoms with Crippen molar-refractivity contribution in [3.63, 3.8) is 0 Å². The Morgan fingerprint density at radius 2 is 2.29 bits per heavy atom. The zero-order valence-corrected chi connectivity index (χ0v) is 9.62. The molecule has 1 unspecified atom stereocenters. The number of methoxy groups -OCH3 is 1. The van der Waals surface area contributed by atoms with Gasteiger partial charge in [0, 0.05) is 6.54 Å². The van der Waals surface area contributed by atoms with Gasteiger partial charge in [-0.3, -0.25) is 0 Å². The van der Waals surface area contributed by atoms with E-state index in [0.717, 1.165) is 15.8 Å². The summed E-state index contributed by atoms with van der Waals surface area (Å²) < 4.78 is 5.99. The maximum absolute atomic E-state index is 9.36. The van der Waals surface area contributed by atoms with E-state index in [2.05, 4.69) is 15.9 Å². The molecule has 3 nitrogen and oxygen atoms in total. The maximum atomic E-state index is 9.36. The topological polar surface area (TPSA) is 55.5 Å². The number of ether oxygens (including phenoxy) is 1. The predicted octanol–water partition coefficient (Wildman–Crippen LogP) is 1.32. The molecular weight excluding hydrogens is 246 g/mol. The van der Waals surface area contributed by atoms with Crippen molar-refractivity contribution in [2.75, 3.05) is 13.7 Å². The summed E-state index contributed by atoms with van der Waals surface area (Å²) in [5.41, 5.74) is 6.37. The van der Waals surface area contributed by atoms with Crippen LogP contribution in [0.3, 0.4) is 0 Å². The molecule has 14 heavy (non-hydrogen) atoms. The van der Waals surface area contributed by atoms with Crippen LogP contribution in [-0.4, -0.2) is 24.9 Å². The molecule has 4 heteroatoms. The first-order valence-corrected chi connectivity index (χ1v) is 5.17. The summed E-state index contributed by atoms with van der Waals surface area (Å²) >= 11 is 3.38. The molecule has 0 heterocycles. The highest BCUT2D eigenvalue weighted by Crippen LogP contribution is 2.25. The first-order valence-electron chi connectivity index (χ1n) is 4.38. The van der Waals surface area contributed by atoms with E-state index in [4.69, 9.17) is 10.5 Å². The monoisotopic (exact) mass is 259 g/mol. The summed E-state index contributed by atoms with van der Waals surface area (Å²) in [5.74, 6) is 0.788. The molecule has 0 radical (unpaired) electrons. The fraction of sp³-hybridized carbons (Fsp3) is 0.400. The lowest BCUT2D eigenvalue weighted by Crippen LogP contribution is -2.21. The van der Waals surface area contributed by atoms with Crippen LogP contribution in [0.25, 0.3) is 0 Å². The molecule has 78 valence electrons. The van der Waals surface area contributed by atoms with Gasteiger partial charge in [0.25, 0.3) is 0 Å². The molecule has 0 amide bonds. The molecular formula is C10H14BrNO2. The van der Waals surface area contributed by atoms with Gasteiger partial charge in [-0.2, -0.15) is 0 Å². The van der Waals surface area contributed by atoms with Crippen LogP contribution >= 0.6 is 15.9 Å². The summed E-state index contributed by atoms with van der Waals surface area (Å²) in [6.45, 7) is 0.281. The van der Waals surface area contributed by atoms with E-state index in [1.807, 2.05) is 18.2 Å². The van der Waals surface area contributed by atoms with E-state index >= 15 is 0 Å². The lowest BCUT2D eigenvalue weighted by molar-refractivity contribution is 0.183. The Balaban J connectivity index is 2.76. The number of halogens is 1. The Kier molecular flexibility index (Phi) is 4.38. The minimum absolute atomic E-state index is 0.281. The van der Waals surface area contributed by atoms with Gasteiger partial charge in [-0.05, 0) is 40.0 Å². The number of nitrogens with two attached hydrogens (primary N) is 1. The molecule has 1 aromatic rings. The average Bonchev–Trinajstić information content (AvgIpc) is 2.18. The summed E-state index contributed by atoms with van der Waals surface area (Å²) in [4.78, 5) is 0. The van der Waals surface area contributed by atoms with Gasteiger partial charge in [-0.1, -0.05) is 6.07 Å². The molecule has 0 bridgehead atoms. The third-order valence-electron chi connectivity index (χ3n) is 1.96. The van der Waals surface area contributed by atoms with Gasteiger partial charge in [0.1, 0.15) is 5.75 Å². The molecule has 1 aromatic carbocycles. The Morgan fingerprint density at radius 1 is 1.57 bits per heavy atom. The van der Waals surface area contributed by atoms with Crippen LogP contribution in [0.1, 0.15) is 5.56 Å². The number of hydrogen-bond acceptors (Lipinski definition) is 3. The van der Waals surface area contributed by atoms with Crippen LogP contribution in [-0.2, 0) is 6.42 Å². The third-order valence-corrected chi connectivity index (χ3v) is 2.58. The molecule has 0 aliphatic heterocycles. The molecule has 0 fully saturated rings. The van der Waals surface area contributed by atoms with E-state index in [9.17, 15) is 5.11 Å². The van der Waals surface area contributed by atoms with Crippen LogP contribution in [0.15, 0.2) is 22.7 Å². The Labute approximate surface area is 92.0 Å². The van der Waals surface area contributed by atoms with Gasteiger partial charge in [-0.25, -0.2) is 0 Å². The minimum Gasteiger partial charge on any atom is -0.496 e. The van der Waals surface area contributed by atoms with Crippen LogP contribution in [0.2, 0.25) is 0 Å². The van der Waals surface area contributed by atoms with Crippen LogP contribution in [0, 0.1) is 0 Å². The van der Waals surface area contributed by atoms with Crippen LogP contribution in [0.4, 0.5) is 0 Å². The van der Waals surface area contributed by atoms with Crippen molar-refractivity contribution >= 4 is 15.9 Å². The SMILES string of the molecule is COc1ccc(CC(O)CN)cc1Br. The van der Waals surface area contributed by atoms with Gasteiger partial charge < -0.3 is 15.6 Å². The standard InChI is InChI=1S/C10H14BrNO2/c1-14-10-3-2-7(5-9(10)11)4-8(13)6-12/h2-3,5,8,13H,4,6,12H2,1H3. The molecule has 1 rings (SSSR count). The van der Waals surface area contributed by atoms with Gasteiger partial charge in [0.15, 0.2) is 0 Å². The highest BCUT2D eigenvalue weighted by molar-refractivity contribution is 9.10. The van der Waals surface area contributed by atoms with Gasteiger partial charge in [0.2, 0.25) is 0 Å². The average molecular weight is 260 g/mol. The number of benzene rings is 1. The lowest BCUT2D eigenvalue weighted by Gasteiger charge is -2.09.